The van der Waals surface area contributed by atoms with E-state index in [4.69, 9.17) is 5.14 Å². The molecule has 0 aromatic rings. The molecular formula is C7H17N3O2S. The Balaban J connectivity index is 2.46. The first kappa shape index (κ1) is 10.9. The van der Waals surface area contributed by atoms with Crippen molar-refractivity contribution in [2.24, 2.45) is 11.1 Å². The number of rotatable bonds is 5. The molecule has 1 aliphatic rings. The zero-order valence-electron chi connectivity index (χ0n) is 8.10. The van der Waals surface area contributed by atoms with Crippen LogP contribution in [0.15, 0.2) is 0 Å². The van der Waals surface area contributed by atoms with E-state index in [1.54, 1.807) is 14.1 Å². The minimum absolute atomic E-state index is 0.497. The Morgan fingerprint density at radius 1 is 1.38 bits per heavy atom. The molecule has 0 aliphatic heterocycles. The average Bonchev–Trinajstić information content (AvgIpc) is 2.66. The molecule has 0 aromatic heterocycles. The van der Waals surface area contributed by atoms with Crippen molar-refractivity contribution in [2.75, 3.05) is 20.6 Å². The number of hydrogen-bond donors (Lipinski definition) is 1. The molecule has 1 fully saturated rings. The fraction of sp³-hybridized carbons (Fsp3) is 1.00. The van der Waals surface area contributed by atoms with Crippen LogP contribution in [0.5, 0.6) is 0 Å². The van der Waals surface area contributed by atoms with Gasteiger partial charge in [0.25, 0.3) is 10.2 Å². The van der Waals surface area contributed by atoms with Crippen molar-refractivity contribution in [1.29, 1.82) is 0 Å². The van der Waals surface area contributed by atoms with Crippen molar-refractivity contribution in [2.45, 2.75) is 19.3 Å². The molecule has 6 heteroatoms. The molecule has 0 atom stereocenters. The van der Waals surface area contributed by atoms with Crippen LogP contribution in [0.1, 0.15) is 19.3 Å². The Morgan fingerprint density at radius 2 is 1.92 bits per heavy atom. The van der Waals surface area contributed by atoms with Crippen molar-refractivity contribution in [3.05, 3.63) is 0 Å². The maximum atomic E-state index is 11.1. The van der Waals surface area contributed by atoms with Crippen LogP contribution >= 0.6 is 0 Å². The molecule has 1 saturated carbocycles. The highest BCUT2D eigenvalue weighted by atomic mass is 32.2. The van der Waals surface area contributed by atoms with Crippen LogP contribution in [0.3, 0.4) is 0 Å². The molecule has 13 heavy (non-hydrogen) atoms. The highest BCUT2D eigenvalue weighted by Gasteiger charge is 2.25. The summed E-state index contributed by atoms with van der Waals surface area (Å²) in [6.07, 6.45) is 3.37. The largest absolute Gasteiger partial charge is 0.289 e. The summed E-state index contributed by atoms with van der Waals surface area (Å²) in [7, 11) is -0.217. The highest BCUT2D eigenvalue weighted by molar-refractivity contribution is 7.86. The first-order chi connectivity index (χ1) is 5.91. The zero-order chi connectivity index (χ0) is 10.1. The Morgan fingerprint density at radius 3 is 2.23 bits per heavy atom. The van der Waals surface area contributed by atoms with Crippen LogP contribution in [-0.4, -0.2) is 38.5 Å². The van der Waals surface area contributed by atoms with E-state index in [0.29, 0.717) is 12.5 Å². The standard InChI is InChI=1S/C7H17N3O2S/c1-9(2)10(13(8,11)12)6-5-7-3-4-7/h7H,3-6H2,1-2H3,(H2,8,11,12). The third-order valence-corrected chi connectivity index (χ3v) is 3.26. The van der Waals surface area contributed by atoms with Gasteiger partial charge >= 0.3 is 0 Å². The van der Waals surface area contributed by atoms with Gasteiger partial charge in [0.15, 0.2) is 0 Å². The second-order valence-corrected chi connectivity index (χ2v) is 5.12. The van der Waals surface area contributed by atoms with Crippen molar-refractivity contribution in [1.82, 2.24) is 9.42 Å². The van der Waals surface area contributed by atoms with Gasteiger partial charge in [-0.05, 0) is 12.3 Å². The molecule has 2 N–H and O–H groups in total. The molecule has 0 spiro atoms. The third-order valence-electron chi connectivity index (χ3n) is 2.17. The van der Waals surface area contributed by atoms with Gasteiger partial charge in [-0.1, -0.05) is 12.8 Å². The molecule has 0 heterocycles. The van der Waals surface area contributed by atoms with Gasteiger partial charge in [0.2, 0.25) is 0 Å². The van der Waals surface area contributed by atoms with Crippen molar-refractivity contribution >= 4 is 10.2 Å². The van der Waals surface area contributed by atoms with Crippen LogP contribution in [0.2, 0.25) is 0 Å². The minimum atomic E-state index is -3.57. The molecule has 1 aliphatic carbocycles. The van der Waals surface area contributed by atoms with Gasteiger partial charge in [0, 0.05) is 20.6 Å². The molecule has 0 saturated heterocycles. The summed E-state index contributed by atoms with van der Waals surface area (Å²) in [6, 6.07) is 0. The van der Waals surface area contributed by atoms with E-state index >= 15 is 0 Å². The van der Waals surface area contributed by atoms with Crippen LogP contribution in [0, 0.1) is 5.92 Å². The number of hydrazine groups is 1. The van der Waals surface area contributed by atoms with Gasteiger partial charge in [0.1, 0.15) is 0 Å². The molecule has 78 valence electrons. The lowest BCUT2D eigenvalue weighted by Gasteiger charge is -2.25. The van der Waals surface area contributed by atoms with Crippen LogP contribution in [0.25, 0.3) is 0 Å². The van der Waals surface area contributed by atoms with Crippen LogP contribution in [0.4, 0.5) is 0 Å². The summed E-state index contributed by atoms with van der Waals surface area (Å²) in [5.41, 5.74) is 0. The minimum Gasteiger partial charge on any atom is -0.233 e. The Kier molecular flexibility index (Phi) is 3.28. The number of nitrogens with two attached hydrogens (primary N) is 1. The van der Waals surface area contributed by atoms with E-state index in [0.717, 1.165) is 6.42 Å². The summed E-state index contributed by atoms with van der Waals surface area (Å²) in [5, 5.41) is 6.56. The van der Waals surface area contributed by atoms with Gasteiger partial charge in [-0.2, -0.15) is 8.42 Å². The summed E-state index contributed by atoms with van der Waals surface area (Å²) >= 11 is 0. The molecular weight excluding hydrogens is 190 g/mol. The fourth-order valence-electron chi connectivity index (χ4n) is 1.25. The first-order valence-corrected chi connectivity index (χ1v) is 5.89. The summed E-state index contributed by atoms with van der Waals surface area (Å²) in [6.45, 7) is 0.497. The molecule has 0 radical (unpaired) electrons. The van der Waals surface area contributed by atoms with Crippen molar-refractivity contribution < 1.29 is 8.42 Å². The van der Waals surface area contributed by atoms with E-state index < -0.39 is 10.2 Å². The van der Waals surface area contributed by atoms with Gasteiger partial charge in [-0.15, -0.1) is 4.41 Å². The molecule has 0 bridgehead atoms. The normalized spacial score (nSPS) is 18.5. The van der Waals surface area contributed by atoms with Crippen LogP contribution in [-0.2, 0) is 10.2 Å². The fourth-order valence-corrected chi connectivity index (χ4v) is 2.07. The maximum Gasteiger partial charge on any atom is 0.289 e. The molecule has 1 rings (SSSR count). The summed E-state index contributed by atoms with van der Waals surface area (Å²) in [5.74, 6) is 0.712. The zero-order valence-corrected chi connectivity index (χ0v) is 8.92. The van der Waals surface area contributed by atoms with Gasteiger partial charge in [-0.25, -0.2) is 10.1 Å². The smallest absolute Gasteiger partial charge is 0.233 e. The van der Waals surface area contributed by atoms with E-state index in [2.05, 4.69) is 0 Å². The second kappa shape index (κ2) is 3.91. The number of hydrogen-bond acceptors (Lipinski definition) is 3. The van der Waals surface area contributed by atoms with E-state index in [1.165, 1.54) is 22.3 Å². The third kappa shape index (κ3) is 3.60. The summed E-state index contributed by atoms with van der Waals surface area (Å²) < 4.78 is 23.3. The Labute approximate surface area is 79.6 Å². The molecule has 0 unspecified atom stereocenters. The number of nitrogens with zero attached hydrogens (tertiary/aromatic N) is 2. The van der Waals surface area contributed by atoms with E-state index in [9.17, 15) is 8.42 Å². The van der Waals surface area contributed by atoms with Crippen LogP contribution < -0.4 is 5.14 Å². The SMILES string of the molecule is CN(C)N(CCC1CC1)S(N)(=O)=O. The van der Waals surface area contributed by atoms with Gasteiger partial charge < -0.3 is 0 Å². The highest BCUT2D eigenvalue weighted by Crippen LogP contribution is 2.32. The Bertz CT molecular complexity index is 259. The lowest BCUT2D eigenvalue weighted by Crippen LogP contribution is -2.46. The average molecular weight is 207 g/mol. The predicted octanol–water partition coefficient (Wildman–Crippen LogP) is -0.231. The first-order valence-electron chi connectivity index (χ1n) is 4.39. The van der Waals surface area contributed by atoms with Crippen molar-refractivity contribution in [3.8, 4) is 0 Å². The molecule has 5 nitrogen and oxygen atoms in total. The van der Waals surface area contributed by atoms with Gasteiger partial charge in [0.05, 0.1) is 0 Å². The quantitative estimate of drug-likeness (QED) is 0.633. The molecule has 0 amide bonds. The topological polar surface area (TPSA) is 66.6 Å². The summed E-state index contributed by atoms with van der Waals surface area (Å²) in [4.78, 5) is 0. The molecule has 0 aromatic carbocycles. The van der Waals surface area contributed by atoms with E-state index in [1.807, 2.05) is 0 Å². The Hall–Kier alpha value is -0.170. The van der Waals surface area contributed by atoms with E-state index in [-0.39, 0.29) is 0 Å². The monoisotopic (exact) mass is 207 g/mol. The maximum absolute atomic E-state index is 11.1. The lowest BCUT2D eigenvalue weighted by atomic mass is 10.3. The lowest BCUT2D eigenvalue weighted by molar-refractivity contribution is 0.123. The van der Waals surface area contributed by atoms with Gasteiger partial charge in [-0.3, -0.25) is 0 Å². The van der Waals surface area contributed by atoms with Crippen molar-refractivity contribution in [3.63, 3.8) is 0 Å². The predicted molar refractivity (Wildman–Crippen MR) is 50.8 cm³/mol. The second-order valence-electron chi connectivity index (χ2n) is 3.67.